The zero-order chi connectivity index (χ0) is 19.7. The van der Waals surface area contributed by atoms with E-state index in [4.69, 9.17) is 9.47 Å². The van der Waals surface area contributed by atoms with Gasteiger partial charge in [-0.15, -0.1) is 0 Å². The Morgan fingerprint density at radius 3 is 2.67 bits per heavy atom. The van der Waals surface area contributed by atoms with Crippen LogP contribution in [0.1, 0.15) is 52.0 Å². The summed E-state index contributed by atoms with van der Waals surface area (Å²) in [6, 6.07) is 9.71. The molecule has 150 valence electrons. The summed E-state index contributed by atoms with van der Waals surface area (Å²) in [5.74, 6) is 0.448. The summed E-state index contributed by atoms with van der Waals surface area (Å²) in [6.45, 7) is 7.91. The Morgan fingerprint density at radius 2 is 1.96 bits per heavy atom. The molecule has 2 rings (SSSR count). The third-order valence-corrected chi connectivity index (χ3v) is 4.44. The van der Waals surface area contributed by atoms with Gasteiger partial charge in [-0.1, -0.05) is 30.3 Å². The highest BCUT2D eigenvalue weighted by Gasteiger charge is 2.24. The van der Waals surface area contributed by atoms with Crippen LogP contribution in [0.25, 0.3) is 0 Å². The molecule has 0 bridgehead atoms. The maximum Gasteiger partial charge on any atom is 0.410 e. The summed E-state index contributed by atoms with van der Waals surface area (Å²) in [5, 5.41) is 2.78. The van der Waals surface area contributed by atoms with E-state index in [1.165, 1.54) is 0 Å². The molecule has 6 nitrogen and oxygen atoms in total. The lowest BCUT2D eigenvalue weighted by Gasteiger charge is -2.32. The highest BCUT2D eigenvalue weighted by Crippen LogP contribution is 2.21. The molecule has 1 aromatic rings. The van der Waals surface area contributed by atoms with E-state index in [1.807, 2.05) is 51.1 Å². The van der Waals surface area contributed by atoms with Crippen LogP contribution >= 0.6 is 0 Å². The van der Waals surface area contributed by atoms with Crippen molar-refractivity contribution in [1.29, 1.82) is 0 Å². The van der Waals surface area contributed by atoms with Crippen LogP contribution in [0.15, 0.2) is 30.3 Å². The molecule has 1 N–H and O–H groups in total. The third kappa shape index (κ3) is 8.33. The lowest BCUT2D eigenvalue weighted by atomic mass is 9.93. The van der Waals surface area contributed by atoms with Gasteiger partial charge in [0.2, 0.25) is 0 Å². The van der Waals surface area contributed by atoms with E-state index < -0.39 is 5.60 Å². The molecular formula is C21H32N2O4. The molecule has 0 aromatic heterocycles. The Bertz CT molecular complexity index is 598. The average molecular weight is 376 g/mol. The molecule has 1 atom stereocenters. The Morgan fingerprint density at radius 1 is 1.22 bits per heavy atom. The number of hydrogen-bond acceptors (Lipinski definition) is 4. The molecule has 1 heterocycles. The minimum atomic E-state index is -0.478. The Labute approximate surface area is 162 Å². The molecule has 6 heteroatoms. The second-order valence-corrected chi connectivity index (χ2v) is 8.07. The SMILES string of the molecule is CC(C)(C)OC(=O)NCCC[C@H]1CCCN(C(=O)OCc2ccccc2)C1. The van der Waals surface area contributed by atoms with Crippen LogP contribution in [0.5, 0.6) is 0 Å². The lowest BCUT2D eigenvalue weighted by Crippen LogP contribution is -2.40. The van der Waals surface area contributed by atoms with E-state index in [0.717, 1.165) is 44.3 Å². The van der Waals surface area contributed by atoms with Gasteiger partial charge < -0.3 is 19.7 Å². The van der Waals surface area contributed by atoms with Crippen LogP contribution in [0, 0.1) is 5.92 Å². The molecule has 0 spiro atoms. The highest BCUT2D eigenvalue weighted by atomic mass is 16.6. The van der Waals surface area contributed by atoms with Gasteiger partial charge in [0.25, 0.3) is 0 Å². The monoisotopic (exact) mass is 376 g/mol. The summed E-state index contributed by atoms with van der Waals surface area (Å²) in [6.07, 6.45) is 3.32. The van der Waals surface area contributed by atoms with Crippen molar-refractivity contribution >= 4 is 12.2 Å². The summed E-state index contributed by atoms with van der Waals surface area (Å²) in [4.78, 5) is 25.7. The van der Waals surface area contributed by atoms with Gasteiger partial charge in [0.1, 0.15) is 12.2 Å². The van der Waals surface area contributed by atoms with Crippen LogP contribution in [-0.2, 0) is 16.1 Å². The summed E-state index contributed by atoms with van der Waals surface area (Å²) < 4.78 is 10.7. The van der Waals surface area contributed by atoms with E-state index in [0.29, 0.717) is 19.1 Å². The Balaban J connectivity index is 1.65. The highest BCUT2D eigenvalue weighted by molar-refractivity contribution is 5.68. The second kappa shape index (κ2) is 10.2. The predicted octanol–water partition coefficient (Wildman–Crippen LogP) is 4.34. The molecule has 0 saturated carbocycles. The molecule has 1 saturated heterocycles. The molecule has 27 heavy (non-hydrogen) atoms. The summed E-state index contributed by atoms with van der Waals surface area (Å²) in [7, 11) is 0. The average Bonchev–Trinajstić information content (AvgIpc) is 2.63. The minimum Gasteiger partial charge on any atom is -0.445 e. The van der Waals surface area contributed by atoms with E-state index in [2.05, 4.69) is 5.32 Å². The van der Waals surface area contributed by atoms with Gasteiger partial charge in [-0.05, 0) is 57.9 Å². The second-order valence-electron chi connectivity index (χ2n) is 8.07. The zero-order valence-corrected chi connectivity index (χ0v) is 16.7. The van der Waals surface area contributed by atoms with E-state index >= 15 is 0 Å². The largest absolute Gasteiger partial charge is 0.445 e. The molecule has 1 aromatic carbocycles. The molecule has 1 aliphatic rings. The first-order valence-electron chi connectivity index (χ1n) is 9.76. The Kier molecular flexibility index (Phi) is 7.95. The molecular weight excluding hydrogens is 344 g/mol. The first-order chi connectivity index (χ1) is 12.8. The van der Waals surface area contributed by atoms with Gasteiger partial charge in [-0.3, -0.25) is 0 Å². The number of piperidine rings is 1. The fraction of sp³-hybridized carbons (Fsp3) is 0.619. The van der Waals surface area contributed by atoms with Crippen molar-refractivity contribution < 1.29 is 19.1 Å². The number of nitrogens with one attached hydrogen (secondary N) is 1. The van der Waals surface area contributed by atoms with Crippen molar-refractivity contribution in [1.82, 2.24) is 10.2 Å². The number of hydrogen-bond donors (Lipinski definition) is 1. The van der Waals surface area contributed by atoms with E-state index in [9.17, 15) is 9.59 Å². The molecule has 0 unspecified atom stereocenters. The number of rotatable bonds is 6. The molecule has 1 aliphatic heterocycles. The summed E-state index contributed by atoms with van der Waals surface area (Å²) >= 11 is 0. The first-order valence-corrected chi connectivity index (χ1v) is 9.76. The number of alkyl carbamates (subject to hydrolysis) is 1. The standard InChI is InChI=1S/C21H32N2O4/c1-21(2,3)27-19(24)22-13-7-11-17-12-8-14-23(15-17)20(25)26-16-18-9-5-4-6-10-18/h4-6,9-10,17H,7-8,11-16H2,1-3H3,(H,22,24)/t17-/m0/s1. The van der Waals surface area contributed by atoms with Gasteiger partial charge in [-0.25, -0.2) is 9.59 Å². The van der Waals surface area contributed by atoms with Crippen molar-refractivity contribution in [2.24, 2.45) is 5.92 Å². The normalized spacial score (nSPS) is 17.3. The van der Waals surface area contributed by atoms with Gasteiger partial charge in [0.15, 0.2) is 0 Å². The van der Waals surface area contributed by atoms with Crippen LogP contribution in [0.3, 0.4) is 0 Å². The van der Waals surface area contributed by atoms with Crippen molar-refractivity contribution in [2.45, 2.75) is 58.7 Å². The fourth-order valence-corrected chi connectivity index (χ4v) is 3.17. The fourth-order valence-electron chi connectivity index (χ4n) is 3.17. The molecule has 2 amide bonds. The van der Waals surface area contributed by atoms with E-state index in [-0.39, 0.29) is 12.2 Å². The zero-order valence-electron chi connectivity index (χ0n) is 16.7. The maximum absolute atomic E-state index is 12.3. The van der Waals surface area contributed by atoms with Gasteiger partial charge in [0, 0.05) is 19.6 Å². The van der Waals surface area contributed by atoms with E-state index in [1.54, 1.807) is 4.90 Å². The smallest absolute Gasteiger partial charge is 0.410 e. The number of carbonyl (C=O) groups excluding carboxylic acids is 2. The van der Waals surface area contributed by atoms with Crippen LogP contribution in [0.4, 0.5) is 9.59 Å². The van der Waals surface area contributed by atoms with Crippen molar-refractivity contribution in [3.05, 3.63) is 35.9 Å². The van der Waals surface area contributed by atoms with Crippen LogP contribution < -0.4 is 5.32 Å². The maximum atomic E-state index is 12.3. The van der Waals surface area contributed by atoms with Gasteiger partial charge in [0.05, 0.1) is 0 Å². The number of amides is 2. The number of carbonyl (C=O) groups is 2. The van der Waals surface area contributed by atoms with Crippen molar-refractivity contribution in [2.75, 3.05) is 19.6 Å². The molecule has 0 radical (unpaired) electrons. The summed E-state index contributed by atoms with van der Waals surface area (Å²) in [5.41, 5.74) is 0.515. The van der Waals surface area contributed by atoms with Crippen molar-refractivity contribution in [3.63, 3.8) is 0 Å². The van der Waals surface area contributed by atoms with Crippen molar-refractivity contribution in [3.8, 4) is 0 Å². The quantitative estimate of drug-likeness (QED) is 0.750. The van der Waals surface area contributed by atoms with Gasteiger partial charge >= 0.3 is 12.2 Å². The molecule has 1 fully saturated rings. The lowest BCUT2D eigenvalue weighted by molar-refractivity contribution is 0.0525. The van der Waals surface area contributed by atoms with Crippen LogP contribution in [0.2, 0.25) is 0 Å². The number of ether oxygens (including phenoxy) is 2. The number of nitrogens with zero attached hydrogens (tertiary/aromatic N) is 1. The first kappa shape index (κ1) is 21.1. The van der Waals surface area contributed by atoms with Crippen LogP contribution in [-0.4, -0.2) is 42.3 Å². The topological polar surface area (TPSA) is 67.9 Å². The minimum absolute atomic E-state index is 0.240. The molecule has 0 aliphatic carbocycles. The number of likely N-dealkylation sites (tertiary alicyclic amines) is 1. The number of benzene rings is 1. The Hall–Kier alpha value is -2.24. The third-order valence-electron chi connectivity index (χ3n) is 4.44. The predicted molar refractivity (Wildman–Crippen MR) is 104 cm³/mol. The van der Waals surface area contributed by atoms with Gasteiger partial charge in [-0.2, -0.15) is 0 Å².